The number of benzene rings is 1. The van der Waals surface area contributed by atoms with E-state index in [-0.39, 0.29) is 0 Å². The van der Waals surface area contributed by atoms with E-state index in [9.17, 15) is 0 Å². The van der Waals surface area contributed by atoms with Crippen molar-refractivity contribution in [3.05, 3.63) is 29.8 Å². The van der Waals surface area contributed by atoms with E-state index in [0.717, 1.165) is 18.1 Å². The highest BCUT2D eigenvalue weighted by Crippen LogP contribution is 2.32. The lowest BCUT2D eigenvalue weighted by molar-refractivity contribution is 0.413. The molecule has 2 unspecified atom stereocenters. The molecule has 18 heavy (non-hydrogen) atoms. The summed E-state index contributed by atoms with van der Waals surface area (Å²) in [4.78, 5) is 0. The molecule has 2 atom stereocenters. The third-order valence-electron chi connectivity index (χ3n) is 3.90. The standard InChI is InChI=1S/C16H25NO/c1-12(17-13(2)15-8-9-15)4-5-14-6-10-16(18-3)11-7-14/h6-7,10-13,15,17H,4-5,8-9H2,1-3H3. The minimum atomic E-state index is 0.600. The predicted octanol–water partition coefficient (Wildman–Crippen LogP) is 3.40. The van der Waals surface area contributed by atoms with Gasteiger partial charge in [-0.05, 0) is 63.1 Å². The van der Waals surface area contributed by atoms with Crippen LogP contribution in [-0.2, 0) is 6.42 Å². The number of hydrogen-bond acceptors (Lipinski definition) is 2. The maximum Gasteiger partial charge on any atom is 0.118 e. The molecule has 1 aliphatic carbocycles. The number of aryl methyl sites for hydroxylation is 1. The van der Waals surface area contributed by atoms with E-state index in [1.807, 2.05) is 12.1 Å². The fraction of sp³-hybridized carbons (Fsp3) is 0.625. The smallest absolute Gasteiger partial charge is 0.118 e. The summed E-state index contributed by atoms with van der Waals surface area (Å²) in [5, 5.41) is 3.71. The Balaban J connectivity index is 1.72. The molecule has 0 aromatic heterocycles. The van der Waals surface area contributed by atoms with Gasteiger partial charge < -0.3 is 10.1 Å². The molecule has 0 radical (unpaired) electrons. The zero-order valence-corrected chi connectivity index (χ0v) is 11.8. The summed E-state index contributed by atoms with van der Waals surface area (Å²) in [6.45, 7) is 4.62. The van der Waals surface area contributed by atoms with Crippen molar-refractivity contribution in [2.75, 3.05) is 7.11 Å². The lowest BCUT2D eigenvalue weighted by atomic mass is 10.0. The number of rotatable bonds is 7. The lowest BCUT2D eigenvalue weighted by Gasteiger charge is -2.19. The first-order chi connectivity index (χ1) is 8.69. The first-order valence-electron chi connectivity index (χ1n) is 7.08. The van der Waals surface area contributed by atoms with Gasteiger partial charge >= 0.3 is 0 Å². The minimum absolute atomic E-state index is 0.600. The van der Waals surface area contributed by atoms with E-state index in [4.69, 9.17) is 4.74 Å². The molecule has 0 amide bonds. The molecule has 2 rings (SSSR count). The number of methoxy groups -OCH3 is 1. The minimum Gasteiger partial charge on any atom is -0.497 e. The second-order valence-electron chi connectivity index (χ2n) is 5.58. The highest BCUT2D eigenvalue weighted by atomic mass is 16.5. The van der Waals surface area contributed by atoms with Crippen molar-refractivity contribution < 1.29 is 4.74 Å². The average Bonchev–Trinajstić information content (AvgIpc) is 3.21. The maximum atomic E-state index is 5.17. The van der Waals surface area contributed by atoms with Crippen LogP contribution in [0.4, 0.5) is 0 Å². The van der Waals surface area contributed by atoms with Crippen LogP contribution in [-0.4, -0.2) is 19.2 Å². The molecule has 2 heteroatoms. The molecule has 100 valence electrons. The quantitative estimate of drug-likeness (QED) is 0.797. The summed E-state index contributed by atoms with van der Waals surface area (Å²) < 4.78 is 5.17. The van der Waals surface area contributed by atoms with E-state index in [1.165, 1.54) is 24.8 Å². The van der Waals surface area contributed by atoms with Crippen molar-refractivity contribution >= 4 is 0 Å². The molecule has 0 bridgehead atoms. The van der Waals surface area contributed by atoms with E-state index in [0.29, 0.717) is 12.1 Å². The van der Waals surface area contributed by atoms with Crippen molar-refractivity contribution in [1.82, 2.24) is 5.32 Å². The summed E-state index contributed by atoms with van der Waals surface area (Å²) in [6, 6.07) is 9.70. The van der Waals surface area contributed by atoms with Crippen molar-refractivity contribution in [1.29, 1.82) is 0 Å². The number of ether oxygens (including phenoxy) is 1. The van der Waals surface area contributed by atoms with Gasteiger partial charge in [0.2, 0.25) is 0 Å². The van der Waals surface area contributed by atoms with Crippen LogP contribution in [0.25, 0.3) is 0 Å². The van der Waals surface area contributed by atoms with Gasteiger partial charge in [-0.2, -0.15) is 0 Å². The van der Waals surface area contributed by atoms with Gasteiger partial charge in [-0.15, -0.1) is 0 Å². The maximum absolute atomic E-state index is 5.17. The molecule has 1 N–H and O–H groups in total. The molecule has 1 saturated carbocycles. The molecule has 1 aromatic carbocycles. The molecule has 0 aliphatic heterocycles. The molecule has 1 aromatic rings. The van der Waals surface area contributed by atoms with Gasteiger partial charge in [0.1, 0.15) is 5.75 Å². The molecule has 0 spiro atoms. The molecular weight excluding hydrogens is 222 g/mol. The van der Waals surface area contributed by atoms with Crippen LogP contribution in [0.5, 0.6) is 5.75 Å². The van der Waals surface area contributed by atoms with Crippen LogP contribution in [0.15, 0.2) is 24.3 Å². The fourth-order valence-corrected chi connectivity index (χ4v) is 2.44. The Kier molecular flexibility index (Phi) is 4.65. The molecule has 0 heterocycles. The van der Waals surface area contributed by atoms with Crippen LogP contribution < -0.4 is 10.1 Å². The SMILES string of the molecule is COc1ccc(CCC(C)NC(C)C2CC2)cc1. The van der Waals surface area contributed by atoms with Gasteiger partial charge in [0.05, 0.1) is 7.11 Å². The summed E-state index contributed by atoms with van der Waals surface area (Å²) in [5.74, 6) is 1.88. The van der Waals surface area contributed by atoms with Crippen molar-refractivity contribution in [3.63, 3.8) is 0 Å². The summed E-state index contributed by atoms with van der Waals surface area (Å²) >= 11 is 0. The van der Waals surface area contributed by atoms with Crippen LogP contribution in [0.3, 0.4) is 0 Å². The summed E-state index contributed by atoms with van der Waals surface area (Å²) in [5.41, 5.74) is 1.39. The average molecular weight is 247 g/mol. The highest BCUT2D eigenvalue weighted by Gasteiger charge is 2.28. The Morgan fingerprint density at radius 1 is 1.22 bits per heavy atom. The lowest BCUT2D eigenvalue weighted by Crippen LogP contribution is -2.36. The first-order valence-corrected chi connectivity index (χ1v) is 7.08. The van der Waals surface area contributed by atoms with Crippen molar-refractivity contribution in [3.8, 4) is 5.75 Å². The molecule has 0 saturated heterocycles. The zero-order valence-electron chi connectivity index (χ0n) is 11.8. The number of nitrogens with one attached hydrogen (secondary N) is 1. The zero-order chi connectivity index (χ0) is 13.0. The second kappa shape index (κ2) is 6.24. The largest absolute Gasteiger partial charge is 0.497 e. The fourth-order valence-electron chi connectivity index (χ4n) is 2.44. The summed E-state index contributed by atoms with van der Waals surface area (Å²) in [7, 11) is 1.71. The summed E-state index contributed by atoms with van der Waals surface area (Å²) in [6.07, 6.45) is 5.16. The molecule has 1 fully saturated rings. The van der Waals surface area contributed by atoms with E-state index in [2.05, 4.69) is 31.3 Å². The normalized spacial score (nSPS) is 18.4. The van der Waals surface area contributed by atoms with Crippen LogP contribution in [0.2, 0.25) is 0 Å². The van der Waals surface area contributed by atoms with Crippen LogP contribution in [0.1, 0.15) is 38.7 Å². The van der Waals surface area contributed by atoms with Gasteiger partial charge in [0, 0.05) is 12.1 Å². The van der Waals surface area contributed by atoms with Gasteiger partial charge in [-0.25, -0.2) is 0 Å². The topological polar surface area (TPSA) is 21.3 Å². The Hall–Kier alpha value is -1.02. The van der Waals surface area contributed by atoms with Gasteiger partial charge in [0.15, 0.2) is 0 Å². The third kappa shape index (κ3) is 4.02. The van der Waals surface area contributed by atoms with Gasteiger partial charge in [-0.3, -0.25) is 0 Å². The van der Waals surface area contributed by atoms with Crippen LogP contribution >= 0.6 is 0 Å². The Morgan fingerprint density at radius 3 is 2.44 bits per heavy atom. The third-order valence-corrected chi connectivity index (χ3v) is 3.90. The molecule has 1 aliphatic rings. The monoisotopic (exact) mass is 247 g/mol. The Labute approximate surface area is 111 Å². The van der Waals surface area contributed by atoms with E-state index in [1.54, 1.807) is 7.11 Å². The van der Waals surface area contributed by atoms with Crippen LogP contribution in [0, 0.1) is 5.92 Å². The molecule has 2 nitrogen and oxygen atoms in total. The molecular formula is C16H25NO. The van der Waals surface area contributed by atoms with E-state index < -0.39 is 0 Å². The highest BCUT2D eigenvalue weighted by molar-refractivity contribution is 5.27. The van der Waals surface area contributed by atoms with Gasteiger partial charge in [-0.1, -0.05) is 12.1 Å². The first kappa shape index (κ1) is 13.4. The number of hydrogen-bond donors (Lipinski definition) is 1. The van der Waals surface area contributed by atoms with Crippen molar-refractivity contribution in [2.24, 2.45) is 5.92 Å². The van der Waals surface area contributed by atoms with Gasteiger partial charge in [0.25, 0.3) is 0 Å². The van der Waals surface area contributed by atoms with E-state index >= 15 is 0 Å². The second-order valence-corrected chi connectivity index (χ2v) is 5.58. The Bertz CT molecular complexity index is 356. The Morgan fingerprint density at radius 2 is 1.89 bits per heavy atom. The van der Waals surface area contributed by atoms with Crippen molar-refractivity contribution in [2.45, 2.75) is 51.6 Å². The predicted molar refractivity (Wildman–Crippen MR) is 76.1 cm³/mol.